The highest BCUT2D eigenvalue weighted by molar-refractivity contribution is 4.83. The van der Waals surface area contributed by atoms with Crippen LogP contribution in [0.5, 0.6) is 0 Å². The van der Waals surface area contributed by atoms with Gasteiger partial charge in [0.1, 0.15) is 0 Å². The van der Waals surface area contributed by atoms with E-state index in [0.717, 1.165) is 12.5 Å². The van der Waals surface area contributed by atoms with Crippen molar-refractivity contribution in [3.63, 3.8) is 0 Å². The van der Waals surface area contributed by atoms with Crippen LogP contribution in [0.2, 0.25) is 0 Å². The minimum atomic E-state index is 0.518. The number of rotatable bonds is 6. The van der Waals surface area contributed by atoms with E-state index in [1.165, 1.54) is 44.9 Å². The molecule has 2 aliphatic rings. The average Bonchev–Trinajstić information content (AvgIpc) is 3.02. The number of ether oxygens (including phenoxy) is 1. The van der Waals surface area contributed by atoms with Gasteiger partial charge in [0.25, 0.3) is 0 Å². The first-order chi connectivity index (χ1) is 7.78. The third-order valence-electron chi connectivity index (χ3n) is 3.88. The van der Waals surface area contributed by atoms with E-state index in [1.807, 2.05) is 0 Å². The van der Waals surface area contributed by atoms with Gasteiger partial charge in [-0.15, -0.1) is 0 Å². The highest BCUT2D eigenvalue weighted by atomic mass is 16.5. The number of hydrogen-bond acceptors (Lipinski definition) is 2. The lowest BCUT2D eigenvalue weighted by molar-refractivity contribution is -0.00489. The molecule has 0 radical (unpaired) electrons. The van der Waals surface area contributed by atoms with E-state index in [2.05, 4.69) is 19.2 Å². The van der Waals surface area contributed by atoms with Crippen molar-refractivity contribution in [3.05, 3.63) is 0 Å². The Morgan fingerprint density at radius 1 is 1.31 bits per heavy atom. The Balaban J connectivity index is 1.66. The summed E-state index contributed by atoms with van der Waals surface area (Å²) in [5.41, 5.74) is 0. The van der Waals surface area contributed by atoms with E-state index in [4.69, 9.17) is 4.74 Å². The summed E-state index contributed by atoms with van der Waals surface area (Å²) in [6, 6.07) is 1.41. The summed E-state index contributed by atoms with van der Waals surface area (Å²) in [5, 5.41) is 3.80. The number of nitrogens with one attached hydrogen (secondary N) is 1. The predicted octanol–water partition coefficient (Wildman–Crippen LogP) is 3.11. The molecule has 2 rings (SSSR count). The van der Waals surface area contributed by atoms with Crippen molar-refractivity contribution in [2.75, 3.05) is 6.61 Å². The first kappa shape index (κ1) is 12.4. The first-order valence-electron chi connectivity index (χ1n) is 7.15. The molecule has 0 bridgehead atoms. The van der Waals surface area contributed by atoms with Crippen molar-refractivity contribution in [3.8, 4) is 0 Å². The molecule has 3 unspecified atom stereocenters. The first-order valence-corrected chi connectivity index (χ1v) is 7.15. The molecule has 94 valence electrons. The summed E-state index contributed by atoms with van der Waals surface area (Å²) in [6.45, 7) is 5.55. The molecule has 2 heteroatoms. The Kier molecular flexibility index (Phi) is 4.66. The zero-order chi connectivity index (χ0) is 11.4. The highest BCUT2D eigenvalue weighted by Gasteiger charge is 2.26. The second-order valence-electron chi connectivity index (χ2n) is 5.75. The van der Waals surface area contributed by atoms with Gasteiger partial charge in [0.05, 0.1) is 6.10 Å². The molecule has 1 saturated carbocycles. The minimum Gasteiger partial charge on any atom is -0.378 e. The van der Waals surface area contributed by atoms with Gasteiger partial charge in [0.2, 0.25) is 0 Å². The lowest BCUT2D eigenvalue weighted by Crippen LogP contribution is -2.43. The molecular formula is C14H27NO. The Morgan fingerprint density at radius 3 is 2.81 bits per heavy atom. The van der Waals surface area contributed by atoms with E-state index in [0.29, 0.717) is 18.2 Å². The van der Waals surface area contributed by atoms with Gasteiger partial charge in [-0.3, -0.25) is 0 Å². The molecule has 0 aromatic heterocycles. The second-order valence-corrected chi connectivity index (χ2v) is 5.75. The fourth-order valence-corrected chi connectivity index (χ4v) is 2.88. The third kappa shape index (κ3) is 4.06. The van der Waals surface area contributed by atoms with Gasteiger partial charge in [-0.2, -0.15) is 0 Å². The van der Waals surface area contributed by atoms with Gasteiger partial charge < -0.3 is 10.1 Å². The maximum Gasteiger partial charge on any atom is 0.0589 e. The maximum atomic E-state index is 5.78. The fourth-order valence-electron chi connectivity index (χ4n) is 2.88. The lowest BCUT2D eigenvalue weighted by Gasteiger charge is -2.32. The summed E-state index contributed by atoms with van der Waals surface area (Å²) in [5.74, 6) is 1.04. The molecule has 0 spiro atoms. The quantitative estimate of drug-likeness (QED) is 0.750. The van der Waals surface area contributed by atoms with Crippen LogP contribution in [0.1, 0.15) is 58.8 Å². The minimum absolute atomic E-state index is 0.518. The molecular weight excluding hydrogens is 198 g/mol. The van der Waals surface area contributed by atoms with Crippen LogP contribution in [0.4, 0.5) is 0 Å². The summed E-state index contributed by atoms with van der Waals surface area (Å²) < 4.78 is 5.78. The van der Waals surface area contributed by atoms with Crippen LogP contribution >= 0.6 is 0 Å². The molecule has 0 amide bonds. The van der Waals surface area contributed by atoms with Crippen molar-refractivity contribution in [2.45, 2.75) is 77.0 Å². The van der Waals surface area contributed by atoms with Crippen LogP contribution in [0.3, 0.4) is 0 Å². The van der Waals surface area contributed by atoms with E-state index in [1.54, 1.807) is 0 Å². The molecule has 1 N–H and O–H groups in total. The Labute approximate surface area is 100 Å². The Morgan fingerprint density at radius 2 is 2.12 bits per heavy atom. The smallest absolute Gasteiger partial charge is 0.0589 e. The molecule has 0 aromatic rings. The molecule has 2 nitrogen and oxygen atoms in total. The van der Waals surface area contributed by atoms with E-state index in [-0.39, 0.29) is 0 Å². The topological polar surface area (TPSA) is 21.3 Å². The Hall–Kier alpha value is -0.0800. The molecule has 0 aromatic carbocycles. The van der Waals surface area contributed by atoms with E-state index < -0.39 is 0 Å². The number of hydrogen-bond donors (Lipinski definition) is 1. The van der Waals surface area contributed by atoms with Crippen LogP contribution in [-0.2, 0) is 4.74 Å². The molecule has 1 aliphatic carbocycles. The molecule has 1 heterocycles. The van der Waals surface area contributed by atoms with Crippen LogP contribution in [0.25, 0.3) is 0 Å². The summed E-state index contributed by atoms with van der Waals surface area (Å²) in [6.07, 6.45) is 9.75. The fraction of sp³-hybridized carbons (Fsp3) is 1.00. The molecule has 16 heavy (non-hydrogen) atoms. The van der Waals surface area contributed by atoms with Gasteiger partial charge in [0.15, 0.2) is 0 Å². The van der Waals surface area contributed by atoms with Crippen molar-refractivity contribution < 1.29 is 4.74 Å². The van der Waals surface area contributed by atoms with Crippen molar-refractivity contribution in [1.29, 1.82) is 0 Å². The standard InChI is InChI=1S/C14H27NO/c1-3-4-14-10-13(7-8-16-14)15-11(2)9-12-5-6-12/h11-15H,3-10H2,1-2H3. The average molecular weight is 225 g/mol. The second kappa shape index (κ2) is 6.02. The molecule has 3 atom stereocenters. The molecule has 2 fully saturated rings. The van der Waals surface area contributed by atoms with Crippen molar-refractivity contribution in [1.82, 2.24) is 5.32 Å². The van der Waals surface area contributed by atoms with Crippen LogP contribution < -0.4 is 5.32 Å². The zero-order valence-electron chi connectivity index (χ0n) is 10.9. The lowest BCUT2D eigenvalue weighted by atomic mass is 9.99. The van der Waals surface area contributed by atoms with Gasteiger partial charge in [0, 0.05) is 18.7 Å². The van der Waals surface area contributed by atoms with E-state index in [9.17, 15) is 0 Å². The van der Waals surface area contributed by atoms with Crippen molar-refractivity contribution in [2.24, 2.45) is 5.92 Å². The van der Waals surface area contributed by atoms with Gasteiger partial charge in [-0.25, -0.2) is 0 Å². The van der Waals surface area contributed by atoms with E-state index >= 15 is 0 Å². The molecule has 1 aliphatic heterocycles. The largest absolute Gasteiger partial charge is 0.378 e. The zero-order valence-corrected chi connectivity index (χ0v) is 10.9. The summed E-state index contributed by atoms with van der Waals surface area (Å²) in [7, 11) is 0. The van der Waals surface area contributed by atoms with Gasteiger partial charge >= 0.3 is 0 Å². The van der Waals surface area contributed by atoms with Crippen LogP contribution in [-0.4, -0.2) is 24.8 Å². The van der Waals surface area contributed by atoms with Gasteiger partial charge in [-0.05, 0) is 38.5 Å². The van der Waals surface area contributed by atoms with Crippen LogP contribution in [0, 0.1) is 5.92 Å². The summed E-state index contributed by atoms with van der Waals surface area (Å²) >= 11 is 0. The van der Waals surface area contributed by atoms with Gasteiger partial charge in [-0.1, -0.05) is 26.2 Å². The SMILES string of the molecule is CCCC1CC(NC(C)CC2CC2)CCO1. The normalized spacial score (nSPS) is 32.6. The predicted molar refractivity (Wildman–Crippen MR) is 67.6 cm³/mol. The molecule has 1 saturated heterocycles. The van der Waals surface area contributed by atoms with Crippen molar-refractivity contribution >= 4 is 0 Å². The third-order valence-corrected chi connectivity index (χ3v) is 3.88. The Bertz CT molecular complexity index is 201. The monoisotopic (exact) mass is 225 g/mol. The maximum absolute atomic E-state index is 5.78. The summed E-state index contributed by atoms with van der Waals surface area (Å²) in [4.78, 5) is 0. The van der Waals surface area contributed by atoms with Crippen LogP contribution in [0.15, 0.2) is 0 Å². The highest BCUT2D eigenvalue weighted by Crippen LogP contribution is 2.33.